The molecule has 0 saturated carbocycles. The lowest BCUT2D eigenvalue weighted by molar-refractivity contribution is -0.140. The summed E-state index contributed by atoms with van der Waals surface area (Å²) in [5.74, 6) is -3.66. The molecule has 3 rings (SSSR count). The van der Waals surface area contributed by atoms with Crippen molar-refractivity contribution in [2.45, 2.75) is 95.6 Å². The fourth-order valence-corrected chi connectivity index (χ4v) is 5.98. The maximum atomic E-state index is 14.5. The fourth-order valence-electron chi connectivity index (χ4n) is 5.07. The SMILES string of the molecule is CC(=O)N[C@@H](C)C(=O)N1[C@@H]2CC[C@H]1C[C@H]([C@@H](Cc1cc(F)c(F)cc1F)N[S+]([O-])C(C)(C)C)C2. The van der Waals surface area contributed by atoms with Crippen LogP contribution in [0.15, 0.2) is 12.1 Å². The highest BCUT2D eigenvalue weighted by Gasteiger charge is 2.47. The molecule has 190 valence electrons. The first kappa shape index (κ1) is 26.8. The van der Waals surface area contributed by atoms with Gasteiger partial charge in [-0.1, -0.05) is 0 Å². The lowest BCUT2D eigenvalue weighted by Gasteiger charge is -2.43. The summed E-state index contributed by atoms with van der Waals surface area (Å²) in [6, 6.07) is 0.228. The second-order valence-corrected chi connectivity index (χ2v) is 12.4. The number of halogens is 3. The standard InChI is InChI=1S/C24H34F3N3O3S/c1-13(28-14(2)31)23(32)30-17-6-7-18(30)9-16(8-17)22(29-34(33)24(3,4)5)11-15-10-20(26)21(27)12-19(15)25/h10,12-13,16-18,22,29H,6-9,11H2,1-5H3,(H,28,31)/t13-,16-,17-,18+,22+,34?/m0/s1. The van der Waals surface area contributed by atoms with Gasteiger partial charge in [-0.15, -0.1) is 4.72 Å². The highest BCUT2D eigenvalue weighted by molar-refractivity contribution is 7.90. The zero-order valence-electron chi connectivity index (χ0n) is 20.3. The smallest absolute Gasteiger partial charge is 0.245 e. The zero-order valence-corrected chi connectivity index (χ0v) is 21.1. The largest absolute Gasteiger partial charge is 0.598 e. The van der Waals surface area contributed by atoms with Gasteiger partial charge in [0, 0.05) is 36.4 Å². The first-order valence-corrected chi connectivity index (χ1v) is 12.8. The van der Waals surface area contributed by atoms with Gasteiger partial charge < -0.3 is 14.8 Å². The first-order chi connectivity index (χ1) is 15.8. The molecule has 2 saturated heterocycles. The van der Waals surface area contributed by atoms with E-state index >= 15 is 0 Å². The Labute approximate surface area is 202 Å². The minimum absolute atomic E-state index is 0.0208. The predicted octanol–water partition coefficient (Wildman–Crippen LogP) is 3.36. The highest BCUT2D eigenvalue weighted by Crippen LogP contribution is 2.41. The summed E-state index contributed by atoms with van der Waals surface area (Å²) in [4.78, 5) is 26.3. The molecule has 2 aliphatic rings. The van der Waals surface area contributed by atoms with E-state index in [1.54, 1.807) is 6.92 Å². The number of hydrogen-bond donors (Lipinski definition) is 2. The number of carbonyl (C=O) groups excluding carboxylic acids is 2. The van der Waals surface area contributed by atoms with Crippen molar-refractivity contribution in [2.24, 2.45) is 5.92 Å². The van der Waals surface area contributed by atoms with Crippen molar-refractivity contribution < 1.29 is 27.3 Å². The molecule has 2 bridgehead atoms. The van der Waals surface area contributed by atoms with E-state index in [-0.39, 0.29) is 41.8 Å². The van der Waals surface area contributed by atoms with Crippen molar-refractivity contribution in [2.75, 3.05) is 0 Å². The highest BCUT2D eigenvalue weighted by atomic mass is 32.2. The average Bonchev–Trinajstić information content (AvgIpc) is 2.98. The summed E-state index contributed by atoms with van der Waals surface area (Å²) in [6.07, 6.45) is 2.90. The third kappa shape index (κ3) is 6.07. The Bertz CT molecular complexity index is 913. The number of nitrogens with zero attached hydrogens (tertiary/aromatic N) is 1. The summed E-state index contributed by atoms with van der Waals surface area (Å²) in [5.41, 5.74) is 0.0208. The number of carbonyl (C=O) groups is 2. The monoisotopic (exact) mass is 501 g/mol. The van der Waals surface area contributed by atoms with Crippen molar-refractivity contribution in [3.63, 3.8) is 0 Å². The molecule has 6 atom stereocenters. The fraction of sp³-hybridized carbons (Fsp3) is 0.667. The minimum atomic E-state index is -1.46. The van der Waals surface area contributed by atoms with E-state index in [0.717, 1.165) is 18.9 Å². The lowest BCUT2D eigenvalue weighted by atomic mass is 9.82. The topological polar surface area (TPSA) is 84.5 Å². The third-order valence-electron chi connectivity index (χ3n) is 6.73. The van der Waals surface area contributed by atoms with E-state index in [0.29, 0.717) is 18.9 Å². The maximum absolute atomic E-state index is 14.5. The second kappa shape index (κ2) is 10.5. The Hall–Kier alpha value is -1.78. The van der Waals surface area contributed by atoms with Gasteiger partial charge in [0.15, 0.2) is 11.6 Å². The molecule has 2 heterocycles. The van der Waals surface area contributed by atoms with E-state index in [9.17, 15) is 27.3 Å². The van der Waals surface area contributed by atoms with Gasteiger partial charge in [-0.25, -0.2) is 13.2 Å². The third-order valence-corrected chi connectivity index (χ3v) is 8.36. The van der Waals surface area contributed by atoms with Crippen LogP contribution in [-0.4, -0.2) is 50.2 Å². The Balaban J connectivity index is 1.82. The van der Waals surface area contributed by atoms with E-state index < -0.39 is 45.6 Å². The summed E-state index contributed by atoms with van der Waals surface area (Å²) >= 11 is -1.46. The summed E-state index contributed by atoms with van der Waals surface area (Å²) in [6.45, 7) is 8.49. The molecule has 6 nitrogen and oxygen atoms in total. The molecule has 10 heteroatoms. The maximum Gasteiger partial charge on any atom is 0.245 e. The van der Waals surface area contributed by atoms with Gasteiger partial charge in [0.2, 0.25) is 11.8 Å². The molecule has 0 radical (unpaired) electrons. The molecule has 1 aromatic carbocycles. The van der Waals surface area contributed by atoms with E-state index in [4.69, 9.17) is 0 Å². The van der Waals surface area contributed by atoms with Crippen LogP contribution in [0, 0.1) is 23.4 Å². The van der Waals surface area contributed by atoms with Gasteiger partial charge in [0.1, 0.15) is 16.6 Å². The number of hydrogen-bond acceptors (Lipinski definition) is 4. The van der Waals surface area contributed by atoms with Crippen molar-refractivity contribution in [1.29, 1.82) is 0 Å². The minimum Gasteiger partial charge on any atom is -0.598 e. The summed E-state index contributed by atoms with van der Waals surface area (Å²) < 4.78 is 57.2. The Morgan fingerprint density at radius 1 is 1.12 bits per heavy atom. The molecule has 2 amide bonds. The quantitative estimate of drug-likeness (QED) is 0.443. The normalized spacial score (nSPS) is 25.1. The predicted molar refractivity (Wildman–Crippen MR) is 124 cm³/mol. The van der Waals surface area contributed by atoms with Crippen LogP contribution < -0.4 is 10.0 Å². The number of nitrogens with one attached hydrogen (secondary N) is 2. The Morgan fingerprint density at radius 3 is 2.21 bits per heavy atom. The molecule has 2 aliphatic heterocycles. The van der Waals surface area contributed by atoms with Crippen molar-refractivity contribution in [3.05, 3.63) is 35.1 Å². The average molecular weight is 502 g/mol. The van der Waals surface area contributed by atoms with E-state index in [1.165, 1.54) is 6.92 Å². The van der Waals surface area contributed by atoms with Crippen LogP contribution in [0.3, 0.4) is 0 Å². The van der Waals surface area contributed by atoms with Gasteiger partial charge in [-0.05, 0) is 77.3 Å². The molecule has 2 N–H and O–H groups in total. The Morgan fingerprint density at radius 2 is 1.68 bits per heavy atom. The van der Waals surface area contributed by atoms with Crippen LogP contribution in [-0.2, 0) is 27.4 Å². The number of amides is 2. The summed E-state index contributed by atoms with van der Waals surface area (Å²) in [7, 11) is 0. The van der Waals surface area contributed by atoms with Crippen LogP contribution in [0.1, 0.15) is 65.9 Å². The molecule has 2 fully saturated rings. The number of piperidine rings is 1. The van der Waals surface area contributed by atoms with Crippen LogP contribution in [0.2, 0.25) is 0 Å². The van der Waals surface area contributed by atoms with Crippen molar-refractivity contribution >= 4 is 23.2 Å². The van der Waals surface area contributed by atoms with Crippen LogP contribution >= 0.6 is 0 Å². The van der Waals surface area contributed by atoms with Gasteiger partial charge in [-0.2, -0.15) is 0 Å². The summed E-state index contributed by atoms with van der Waals surface area (Å²) in [5, 5.41) is 2.64. The van der Waals surface area contributed by atoms with Gasteiger partial charge >= 0.3 is 0 Å². The number of benzene rings is 1. The Kier molecular flexibility index (Phi) is 8.25. The van der Waals surface area contributed by atoms with Crippen molar-refractivity contribution in [1.82, 2.24) is 14.9 Å². The van der Waals surface area contributed by atoms with Crippen LogP contribution in [0.5, 0.6) is 0 Å². The van der Waals surface area contributed by atoms with E-state index in [2.05, 4.69) is 10.0 Å². The zero-order chi connectivity index (χ0) is 25.4. The number of rotatable bonds is 7. The van der Waals surface area contributed by atoms with Crippen molar-refractivity contribution in [3.8, 4) is 0 Å². The van der Waals surface area contributed by atoms with Crippen LogP contribution in [0.25, 0.3) is 0 Å². The molecule has 0 aromatic heterocycles. The molecule has 0 aliphatic carbocycles. The lowest BCUT2D eigenvalue weighted by Crippen LogP contribution is -2.57. The molecular formula is C24H34F3N3O3S. The molecular weight excluding hydrogens is 467 g/mol. The van der Waals surface area contributed by atoms with Gasteiger partial charge in [-0.3, -0.25) is 9.59 Å². The molecule has 1 aromatic rings. The first-order valence-electron chi connectivity index (χ1n) is 11.7. The molecule has 34 heavy (non-hydrogen) atoms. The number of fused-ring (bicyclic) bond motifs is 2. The molecule has 1 unspecified atom stereocenters. The van der Waals surface area contributed by atoms with Crippen LogP contribution in [0.4, 0.5) is 13.2 Å². The molecule has 0 spiro atoms. The van der Waals surface area contributed by atoms with E-state index in [1.807, 2.05) is 25.7 Å². The second-order valence-electron chi connectivity index (χ2n) is 10.5. The van der Waals surface area contributed by atoms with Gasteiger partial charge in [0.05, 0.1) is 6.04 Å². The van der Waals surface area contributed by atoms with Gasteiger partial charge in [0.25, 0.3) is 0 Å².